The van der Waals surface area contributed by atoms with Gasteiger partial charge in [0.05, 0.1) is 0 Å². The predicted octanol–water partition coefficient (Wildman–Crippen LogP) is 2.60. The summed E-state index contributed by atoms with van der Waals surface area (Å²) in [7, 11) is 0. The molecule has 1 aromatic heterocycles. The Bertz CT molecular complexity index is 431. The standard InChI is InChI=1S/C14H22ClN3O/c1-3-4-12-16-13(15)10(2)14(17-12)18-7-5-11(9-19)6-8-18/h11,19H,3-9H2,1-2H3. The fourth-order valence-electron chi connectivity index (χ4n) is 2.49. The fourth-order valence-corrected chi connectivity index (χ4v) is 2.67. The summed E-state index contributed by atoms with van der Waals surface area (Å²) in [5.74, 6) is 2.24. The summed E-state index contributed by atoms with van der Waals surface area (Å²) >= 11 is 6.21. The van der Waals surface area contributed by atoms with Crippen LogP contribution in [0.2, 0.25) is 5.15 Å². The van der Waals surface area contributed by atoms with Gasteiger partial charge >= 0.3 is 0 Å². The van der Waals surface area contributed by atoms with Crippen molar-refractivity contribution in [3.05, 3.63) is 16.5 Å². The molecule has 0 radical (unpaired) electrons. The van der Waals surface area contributed by atoms with Gasteiger partial charge < -0.3 is 10.0 Å². The molecule has 5 heteroatoms. The van der Waals surface area contributed by atoms with Crippen LogP contribution in [0.3, 0.4) is 0 Å². The topological polar surface area (TPSA) is 49.2 Å². The number of aryl methyl sites for hydroxylation is 1. The number of aliphatic hydroxyl groups excluding tert-OH is 1. The Balaban J connectivity index is 2.19. The molecule has 0 atom stereocenters. The van der Waals surface area contributed by atoms with Crippen LogP contribution in [0.15, 0.2) is 0 Å². The van der Waals surface area contributed by atoms with Crippen LogP contribution in [0, 0.1) is 12.8 Å². The van der Waals surface area contributed by atoms with Crippen molar-refractivity contribution in [2.45, 2.75) is 39.5 Å². The zero-order valence-electron chi connectivity index (χ0n) is 11.7. The quantitative estimate of drug-likeness (QED) is 0.863. The van der Waals surface area contributed by atoms with Gasteiger partial charge in [-0.25, -0.2) is 9.97 Å². The van der Waals surface area contributed by atoms with E-state index >= 15 is 0 Å². The summed E-state index contributed by atoms with van der Waals surface area (Å²) in [6, 6.07) is 0. The Hall–Kier alpha value is -0.870. The summed E-state index contributed by atoms with van der Waals surface area (Å²) in [5, 5.41) is 9.76. The zero-order valence-corrected chi connectivity index (χ0v) is 12.4. The van der Waals surface area contributed by atoms with Crippen LogP contribution in [0.5, 0.6) is 0 Å². The average Bonchev–Trinajstić information content (AvgIpc) is 2.43. The van der Waals surface area contributed by atoms with Gasteiger partial charge in [0.2, 0.25) is 0 Å². The molecule has 1 aliphatic rings. The first-order valence-electron chi connectivity index (χ1n) is 7.04. The van der Waals surface area contributed by atoms with Gasteiger partial charge in [0.1, 0.15) is 16.8 Å². The van der Waals surface area contributed by atoms with Gasteiger partial charge in [0.25, 0.3) is 0 Å². The number of hydrogen-bond acceptors (Lipinski definition) is 4. The number of halogens is 1. The average molecular weight is 284 g/mol. The number of anilines is 1. The van der Waals surface area contributed by atoms with E-state index in [0.717, 1.165) is 56.0 Å². The Morgan fingerprint density at radius 1 is 1.32 bits per heavy atom. The molecular formula is C14H22ClN3O. The molecule has 0 unspecified atom stereocenters. The second kappa shape index (κ2) is 6.53. The molecule has 19 heavy (non-hydrogen) atoms. The van der Waals surface area contributed by atoms with Gasteiger partial charge in [-0.05, 0) is 32.1 Å². The van der Waals surface area contributed by atoms with Crippen LogP contribution in [-0.2, 0) is 6.42 Å². The maximum atomic E-state index is 9.20. The molecule has 4 nitrogen and oxygen atoms in total. The lowest BCUT2D eigenvalue weighted by Crippen LogP contribution is -2.36. The summed E-state index contributed by atoms with van der Waals surface area (Å²) in [5.41, 5.74) is 0.962. The van der Waals surface area contributed by atoms with Crippen LogP contribution in [0.4, 0.5) is 5.82 Å². The number of piperidine rings is 1. The van der Waals surface area contributed by atoms with Crippen molar-refractivity contribution in [2.75, 3.05) is 24.6 Å². The van der Waals surface area contributed by atoms with Crippen molar-refractivity contribution >= 4 is 17.4 Å². The molecule has 1 aliphatic heterocycles. The Kier molecular flexibility index (Phi) is 4.99. The lowest BCUT2D eigenvalue weighted by Gasteiger charge is -2.33. The molecule has 0 aromatic carbocycles. The third kappa shape index (κ3) is 3.37. The highest BCUT2D eigenvalue weighted by Crippen LogP contribution is 2.27. The van der Waals surface area contributed by atoms with E-state index in [1.54, 1.807) is 0 Å². The molecule has 1 saturated heterocycles. The molecule has 0 aliphatic carbocycles. The van der Waals surface area contributed by atoms with Crippen molar-refractivity contribution in [1.29, 1.82) is 0 Å². The number of hydrogen-bond donors (Lipinski definition) is 1. The summed E-state index contributed by atoms with van der Waals surface area (Å²) < 4.78 is 0. The largest absolute Gasteiger partial charge is 0.396 e. The highest BCUT2D eigenvalue weighted by Gasteiger charge is 2.22. The Labute approximate surface area is 119 Å². The minimum atomic E-state index is 0.290. The Morgan fingerprint density at radius 3 is 2.58 bits per heavy atom. The van der Waals surface area contributed by atoms with E-state index in [0.29, 0.717) is 17.7 Å². The van der Waals surface area contributed by atoms with Gasteiger partial charge in [0.15, 0.2) is 0 Å². The van der Waals surface area contributed by atoms with Crippen LogP contribution in [0.25, 0.3) is 0 Å². The molecule has 106 valence electrons. The minimum Gasteiger partial charge on any atom is -0.396 e. The maximum absolute atomic E-state index is 9.20. The van der Waals surface area contributed by atoms with Gasteiger partial charge in [-0.2, -0.15) is 0 Å². The van der Waals surface area contributed by atoms with E-state index in [4.69, 9.17) is 11.6 Å². The highest BCUT2D eigenvalue weighted by atomic mass is 35.5. The van der Waals surface area contributed by atoms with E-state index in [-0.39, 0.29) is 0 Å². The molecule has 1 fully saturated rings. The van der Waals surface area contributed by atoms with Gasteiger partial charge in [-0.15, -0.1) is 0 Å². The smallest absolute Gasteiger partial charge is 0.137 e. The Morgan fingerprint density at radius 2 is 2.00 bits per heavy atom. The van der Waals surface area contributed by atoms with Crippen molar-refractivity contribution in [3.63, 3.8) is 0 Å². The van der Waals surface area contributed by atoms with Crippen molar-refractivity contribution < 1.29 is 5.11 Å². The molecule has 1 N–H and O–H groups in total. The van der Waals surface area contributed by atoms with E-state index in [1.807, 2.05) is 6.92 Å². The number of aliphatic hydroxyl groups is 1. The van der Waals surface area contributed by atoms with Gasteiger partial charge in [0, 0.05) is 31.7 Å². The molecule has 1 aromatic rings. The number of nitrogens with zero attached hydrogens (tertiary/aromatic N) is 3. The molecule has 0 saturated carbocycles. The van der Waals surface area contributed by atoms with Gasteiger partial charge in [-0.3, -0.25) is 0 Å². The van der Waals surface area contributed by atoms with Crippen LogP contribution < -0.4 is 4.90 Å². The van der Waals surface area contributed by atoms with Crippen molar-refractivity contribution in [2.24, 2.45) is 5.92 Å². The van der Waals surface area contributed by atoms with E-state index in [2.05, 4.69) is 21.8 Å². The first-order valence-corrected chi connectivity index (χ1v) is 7.42. The normalized spacial score (nSPS) is 16.9. The van der Waals surface area contributed by atoms with Crippen LogP contribution in [0.1, 0.15) is 37.6 Å². The molecule has 2 rings (SSSR count). The van der Waals surface area contributed by atoms with Crippen LogP contribution >= 0.6 is 11.6 Å². The minimum absolute atomic E-state index is 0.290. The molecule has 0 amide bonds. The zero-order chi connectivity index (χ0) is 13.8. The monoisotopic (exact) mass is 283 g/mol. The first kappa shape index (κ1) is 14.5. The second-order valence-corrected chi connectivity index (χ2v) is 5.60. The third-order valence-electron chi connectivity index (χ3n) is 3.75. The maximum Gasteiger partial charge on any atom is 0.137 e. The van der Waals surface area contributed by atoms with E-state index < -0.39 is 0 Å². The second-order valence-electron chi connectivity index (χ2n) is 5.24. The lowest BCUT2D eigenvalue weighted by molar-refractivity contribution is 0.202. The van der Waals surface area contributed by atoms with Crippen molar-refractivity contribution in [1.82, 2.24) is 9.97 Å². The molecule has 0 spiro atoms. The van der Waals surface area contributed by atoms with Gasteiger partial charge in [-0.1, -0.05) is 18.5 Å². The molecule has 0 bridgehead atoms. The SMILES string of the molecule is CCCc1nc(Cl)c(C)c(N2CCC(CO)CC2)n1. The highest BCUT2D eigenvalue weighted by molar-refractivity contribution is 6.30. The summed E-state index contributed by atoms with van der Waals surface area (Å²) in [6.45, 7) is 6.25. The molecular weight excluding hydrogens is 262 g/mol. The summed E-state index contributed by atoms with van der Waals surface area (Å²) in [6.07, 6.45) is 3.91. The number of rotatable bonds is 4. The van der Waals surface area contributed by atoms with E-state index in [1.165, 1.54) is 0 Å². The number of aromatic nitrogens is 2. The van der Waals surface area contributed by atoms with E-state index in [9.17, 15) is 5.11 Å². The third-order valence-corrected chi connectivity index (χ3v) is 4.12. The summed E-state index contributed by atoms with van der Waals surface area (Å²) in [4.78, 5) is 11.3. The van der Waals surface area contributed by atoms with Crippen molar-refractivity contribution in [3.8, 4) is 0 Å². The molecule has 2 heterocycles. The van der Waals surface area contributed by atoms with Crippen LogP contribution in [-0.4, -0.2) is 34.8 Å². The first-order chi connectivity index (χ1) is 9.15. The lowest BCUT2D eigenvalue weighted by atomic mass is 9.98. The predicted molar refractivity (Wildman–Crippen MR) is 77.8 cm³/mol. The fraction of sp³-hybridized carbons (Fsp3) is 0.714.